The van der Waals surface area contributed by atoms with E-state index in [2.05, 4.69) is 16.6 Å². The van der Waals surface area contributed by atoms with Crippen LogP contribution in [0.4, 0.5) is 8.78 Å². The molecule has 4 heteroatoms. The number of hydrogen-bond donors (Lipinski definition) is 0. The average molecular weight is 297 g/mol. The van der Waals surface area contributed by atoms with Gasteiger partial charge in [-0.25, -0.2) is 4.98 Å². The highest BCUT2D eigenvalue weighted by Crippen LogP contribution is 2.37. The zero-order valence-electron chi connectivity index (χ0n) is 12.7. The van der Waals surface area contributed by atoms with Crippen LogP contribution in [0.3, 0.4) is 0 Å². The summed E-state index contributed by atoms with van der Waals surface area (Å²) >= 11 is 0. The minimum atomic E-state index is -2.80. The summed E-state index contributed by atoms with van der Waals surface area (Å²) < 4.78 is 28.5. The molecule has 1 aliphatic rings. The largest absolute Gasteiger partial charge is 0.417 e. The van der Waals surface area contributed by atoms with Crippen LogP contribution >= 0.6 is 0 Å². The Morgan fingerprint density at radius 1 is 1.19 bits per heavy atom. The second kappa shape index (κ2) is 8.30. The van der Waals surface area contributed by atoms with E-state index in [1.165, 1.54) is 51.4 Å². The van der Waals surface area contributed by atoms with Crippen molar-refractivity contribution in [3.8, 4) is 5.88 Å². The molecule has 1 saturated carbocycles. The monoisotopic (exact) mass is 297 g/mol. The molecule has 1 fully saturated rings. The van der Waals surface area contributed by atoms with Gasteiger partial charge >= 0.3 is 6.61 Å². The number of hydrogen-bond acceptors (Lipinski definition) is 2. The molecule has 0 saturated heterocycles. The average Bonchev–Trinajstić information content (AvgIpc) is 2.49. The fourth-order valence-electron chi connectivity index (χ4n) is 3.26. The Morgan fingerprint density at radius 2 is 1.95 bits per heavy atom. The first-order valence-electron chi connectivity index (χ1n) is 8.09. The lowest BCUT2D eigenvalue weighted by Crippen LogP contribution is -2.13. The summed E-state index contributed by atoms with van der Waals surface area (Å²) in [6, 6.07) is 3.43. The molecule has 0 aromatic carbocycles. The minimum absolute atomic E-state index is 0.00185. The van der Waals surface area contributed by atoms with Gasteiger partial charge in [-0.3, -0.25) is 0 Å². The summed E-state index contributed by atoms with van der Waals surface area (Å²) in [5, 5.41) is 0. The number of ether oxygens (including phenoxy) is 1. The standard InChI is InChI=1S/C17H25F2NO/c1-2-3-4-5-13-6-8-14(9-7-13)15-10-11-16(20-12-15)21-17(18)19/h10-14,17H,2-9H2,1H3/t13-,14-. The maximum atomic E-state index is 12.1. The van der Waals surface area contributed by atoms with E-state index in [0.717, 1.165) is 11.5 Å². The van der Waals surface area contributed by atoms with E-state index in [1.54, 1.807) is 12.3 Å². The Hall–Kier alpha value is -1.19. The lowest BCUT2D eigenvalue weighted by Gasteiger charge is -2.28. The molecular formula is C17H25F2NO. The Labute approximate surface area is 125 Å². The summed E-state index contributed by atoms with van der Waals surface area (Å²) in [6.45, 7) is -0.562. The summed E-state index contributed by atoms with van der Waals surface area (Å²) in [7, 11) is 0. The SMILES string of the molecule is CCCCC[C@H]1CC[C@H](c2ccc(OC(F)F)nc2)CC1. The van der Waals surface area contributed by atoms with Crippen LogP contribution in [-0.2, 0) is 0 Å². The molecule has 2 nitrogen and oxygen atoms in total. The van der Waals surface area contributed by atoms with Gasteiger partial charge in [-0.15, -0.1) is 0 Å². The zero-order chi connectivity index (χ0) is 15.1. The van der Waals surface area contributed by atoms with E-state index in [9.17, 15) is 8.78 Å². The molecule has 0 spiro atoms. The fourth-order valence-corrected chi connectivity index (χ4v) is 3.26. The number of unbranched alkanes of at least 4 members (excludes halogenated alkanes) is 2. The molecule has 0 aliphatic heterocycles. The van der Waals surface area contributed by atoms with Gasteiger partial charge < -0.3 is 4.74 Å². The molecule has 118 valence electrons. The second-order valence-electron chi connectivity index (χ2n) is 6.02. The van der Waals surface area contributed by atoms with Gasteiger partial charge in [-0.05, 0) is 43.1 Å². The van der Waals surface area contributed by atoms with Gasteiger partial charge in [0, 0.05) is 12.3 Å². The topological polar surface area (TPSA) is 22.1 Å². The zero-order valence-corrected chi connectivity index (χ0v) is 12.7. The van der Waals surface area contributed by atoms with Crippen LogP contribution in [0, 0.1) is 5.92 Å². The van der Waals surface area contributed by atoms with Crippen LogP contribution in [-0.4, -0.2) is 11.6 Å². The van der Waals surface area contributed by atoms with Gasteiger partial charge in [-0.2, -0.15) is 8.78 Å². The van der Waals surface area contributed by atoms with Crippen LogP contribution in [0.25, 0.3) is 0 Å². The lowest BCUT2D eigenvalue weighted by molar-refractivity contribution is -0.0528. The molecule has 1 aromatic heterocycles. The molecule has 0 atom stereocenters. The lowest BCUT2D eigenvalue weighted by atomic mass is 9.77. The first-order valence-corrected chi connectivity index (χ1v) is 8.09. The third-order valence-corrected chi connectivity index (χ3v) is 4.50. The van der Waals surface area contributed by atoms with E-state index >= 15 is 0 Å². The van der Waals surface area contributed by atoms with Crippen molar-refractivity contribution in [1.82, 2.24) is 4.98 Å². The molecule has 0 bridgehead atoms. The van der Waals surface area contributed by atoms with E-state index in [4.69, 9.17) is 0 Å². The van der Waals surface area contributed by atoms with Gasteiger partial charge in [0.1, 0.15) is 0 Å². The first-order chi connectivity index (χ1) is 10.2. The van der Waals surface area contributed by atoms with Crippen LogP contribution in [0.15, 0.2) is 18.3 Å². The smallest absolute Gasteiger partial charge is 0.388 e. The Morgan fingerprint density at radius 3 is 2.52 bits per heavy atom. The van der Waals surface area contributed by atoms with Gasteiger partial charge in [0.2, 0.25) is 5.88 Å². The number of pyridine rings is 1. The van der Waals surface area contributed by atoms with Crippen molar-refractivity contribution in [3.05, 3.63) is 23.9 Å². The number of aromatic nitrogens is 1. The van der Waals surface area contributed by atoms with Gasteiger partial charge in [0.05, 0.1) is 0 Å². The predicted molar refractivity (Wildman–Crippen MR) is 79.7 cm³/mol. The van der Waals surface area contributed by atoms with Crippen molar-refractivity contribution in [1.29, 1.82) is 0 Å². The maximum Gasteiger partial charge on any atom is 0.388 e. The third-order valence-electron chi connectivity index (χ3n) is 4.50. The molecule has 1 heterocycles. The number of alkyl halides is 2. The van der Waals surface area contributed by atoms with Gasteiger partial charge in [0.15, 0.2) is 0 Å². The van der Waals surface area contributed by atoms with Crippen molar-refractivity contribution >= 4 is 0 Å². The van der Waals surface area contributed by atoms with Crippen LogP contribution in [0.1, 0.15) is 69.8 Å². The first kappa shape index (κ1) is 16.2. The molecule has 2 rings (SSSR count). The molecule has 21 heavy (non-hydrogen) atoms. The minimum Gasteiger partial charge on any atom is -0.417 e. The van der Waals surface area contributed by atoms with E-state index in [0.29, 0.717) is 5.92 Å². The molecule has 1 aliphatic carbocycles. The summed E-state index contributed by atoms with van der Waals surface area (Å²) in [5.74, 6) is 1.41. The second-order valence-corrected chi connectivity index (χ2v) is 6.02. The Balaban J connectivity index is 1.79. The van der Waals surface area contributed by atoms with Crippen molar-refractivity contribution in [2.75, 3.05) is 0 Å². The summed E-state index contributed by atoms with van der Waals surface area (Å²) in [6.07, 6.45) is 12.0. The van der Waals surface area contributed by atoms with E-state index in [1.807, 2.05) is 6.07 Å². The maximum absolute atomic E-state index is 12.1. The van der Waals surface area contributed by atoms with Crippen LogP contribution in [0.5, 0.6) is 5.88 Å². The molecule has 1 aromatic rings. The van der Waals surface area contributed by atoms with Crippen molar-refractivity contribution in [2.45, 2.75) is 70.8 Å². The normalized spacial score (nSPS) is 22.5. The van der Waals surface area contributed by atoms with Crippen molar-refractivity contribution in [2.24, 2.45) is 5.92 Å². The summed E-state index contributed by atoms with van der Waals surface area (Å²) in [5.41, 5.74) is 1.16. The summed E-state index contributed by atoms with van der Waals surface area (Å²) in [4.78, 5) is 3.97. The number of rotatable bonds is 7. The highest BCUT2D eigenvalue weighted by molar-refractivity contribution is 5.21. The van der Waals surface area contributed by atoms with Crippen LogP contribution in [0.2, 0.25) is 0 Å². The Bertz CT molecular complexity index is 400. The Kier molecular flexibility index (Phi) is 6.40. The van der Waals surface area contributed by atoms with Crippen molar-refractivity contribution < 1.29 is 13.5 Å². The highest BCUT2D eigenvalue weighted by atomic mass is 19.3. The third kappa shape index (κ3) is 5.25. The van der Waals surface area contributed by atoms with Crippen molar-refractivity contribution in [3.63, 3.8) is 0 Å². The predicted octanol–water partition coefficient (Wildman–Crippen LogP) is 5.54. The molecule has 0 N–H and O–H groups in total. The fraction of sp³-hybridized carbons (Fsp3) is 0.706. The molecule has 0 amide bonds. The quantitative estimate of drug-likeness (QED) is 0.617. The highest BCUT2D eigenvalue weighted by Gasteiger charge is 2.22. The van der Waals surface area contributed by atoms with E-state index in [-0.39, 0.29) is 5.88 Å². The van der Waals surface area contributed by atoms with Crippen LogP contribution < -0.4 is 4.74 Å². The van der Waals surface area contributed by atoms with Gasteiger partial charge in [0.25, 0.3) is 0 Å². The number of halogens is 2. The van der Waals surface area contributed by atoms with Gasteiger partial charge in [-0.1, -0.05) is 38.7 Å². The molecular weight excluding hydrogens is 272 g/mol. The molecule has 0 radical (unpaired) electrons. The van der Waals surface area contributed by atoms with E-state index < -0.39 is 6.61 Å². The number of nitrogens with zero attached hydrogens (tertiary/aromatic N) is 1. The molecule has 0 unspecified atom stereocenters.